The van der Waals surface area contributed by atoms with Crippen LogP contribution in [-0.2, 0) is 51.3 Å². The highest BCUT2D eigenvalue weighted by Crippen LogP contribution is 2.38. The van der Waals surface area contributed by atoms with Crippen molar-refractivity contribution in [3.63, 3.8) is 0 Å². The molecule has 0 unspecified atom stereocenters. The molecule has 364 valence electrons. The Bertz CT molecular complexity index is 2580. The molecule has 7 amide bonds. The Balaban J connectivity index is 1.42. The van der Waals surface area contributed by atoms with Crippen LogP contribution in [0, 0.1) is 5.92 Å². The van der Waals surface area contributed by atoms with Crippen LogP contribution in [0.1, 0.15) is 90.8 Å². The van der Waals surface area contributed by atoms with Crippen LogP contribution in [0.4, 0.5) is 0 Å². The lowest BCUT2D eigenvalue weighted by molar-refractivity contribution is -0.143. The molecule has 6 atom stereocenters. The first-order chi connectivity index (χ1) is 32.5. The second-order valence-corrected chi connectivity index (χ2v) is 19.0. The minimum Gasteiger partial charge on any atom is -0.481 e. The Kier molecular flexibility index (Phi) is 17.1. The van der Waals surface area contributed by atoms with Crippen LogP contribution in [0.3, 0.4) is 0 Å². The molecule has 4 aromatic rings. The number of aliphatic carboxylic acids is 1. The number of para-hydroxylation sites is 1. The molecular weight excluding hydrogens is 891 g/mol. The molecule has 2 aliphatic heterocycles. The molecule has 0 spiro atoms. The van der Waals surface area contributed by atoms with Gasteiger partial charge in [-0.05, 0) is 75.5 Å². The number of nitrogens with two attached hydrogens (primary N) is 1. The number of carboxylic acids is 1. The van der Waals surface area contributed by atoms with Gasteiger partial charge in [-0.3, -0.25) is 38.4 Å². The molecule has 4 heterocycles. The van der Waals surface area contributed by atoms with Crippen LogP contribution < -0.4 is 32.3 Å². The van der Waals surface area contributed by atoms with Gasteiger partial charge >= 0.3 is 5.97 Å². The van der Waals surface area contributed by atoms with Gasteiger partial charge in [0.05, 0.1) is 17.1 Å². The third-order valence-corrected chi connectivity index (χ3v) is 13.7. The third kappa shape index (κ3) is 12.3. The largest absolute Gasteiger partial charge is 0.481 e. The molecule has 68 heavy (non-hydrogen) atoms. The van der Waals surface area contributed by atoms with Gasteiger partial charge in [0.15, 0.2) is 0 Å². The number of benzene rings is 2. The summed E-state index contributed by atoms with van der Waals surface area (Å²) < 4.78 is 2.12. The van der Waals surface area contributed by atoms with Crippen molar-refractivity contribution in [1.82, 2.24) is 41.0 Å². The zero-order valence-corrected chi connectivity index (χ0v) is 40.0. The molecular formula is C49H63N9O9S. The second-order valence-electron chi connectivity index (χ2n) is 18.0. The van der Waals surface area contributed by atoms with Gasteiger partial charge in [0.25, 0.3) is 0 Å². The van der Waals surface area contributed by atoms with Gasteiger partial charge in [0, 0.05) is 60.1 Å². The maximum Gasteiger partial charge on any atom is 0.305 e. The van der Waals surface area contributed by atoms with Crippen molar-refractivity contribution in [3.8, 4) is 0 Å². The number of hydrogen-bond acceptors (Lipinski definition) is 9. The lowest BCUT2D eigenvalue weighted by Gasteiger charge is -2.31. The Labute approximate surface area is 399 Å². The van der Waals surface area contributed by atoms with E-state index in [-0.39, 0.29) is 37.5 Å². The molecule has 18 nitrogen and oxygen atoms in total. The number of nitrogens with zero attached hydrogens (tertiary/aromatic N) is 2. The number of primary amides is 1. The molecule has 2 aromatic heterocycles. The number of thioether (sulfide) groups is 1. The van der Waals surface area contributed by atoms with Crippen LogP contribution in [0.15, 0.2) is 65.8 Å². The van der Waals surface area contributed by atoms with Gasteiger partial charge in [-0.25, -0.2) is 0 Å². The minimum atomic E-state index is -1.69. The molecule has 2 aliphatic rings. The summed E-state index contributed by atoms with van der Waals surface area (Å²) in [6, 6.07) is 7.65. The van der Waals surface area contributed by atoms with E-state index in [9.17, 15) is 43.5 Å². The summed E-state index contributed by atoms with van der Waals surface area (Å²) in [5.41, 5.74) is 9.17. The Morgan fingerprint density at radius 1 is 0.824 bits per heavy atom. The number of amides is 7. The summed E-state index contributed by atoms with van der Waals surface area (Å²) in [6.07, 6.45) is 4.94. The SMILES string of the molecule is C/C=C(\C)c1c2ccccc2c2n1CCCC[C@@H](C(N)=O)NC(=O)[C@@H]1CCCN1C(=O)[C@H](CC(C)C)NC(=O)[C@H](Cc1c[nH]c3ccccc13)NC(=O)[C@H](CC(=O)O)NC(=O)[C@@H](NC(C)=O)CS2. The summed E-state index contributed by atoms with van der Waals surface area (Å²) in [4.78, 5) is 114. The smallest absolute Gasteiger partial charge is 0.305 e. The van der Waals surface area contributed by atoms with E-state index in [2.05, 4.69) is 36.1 Å². The van der Waals surface area contributed by atoms with Crippen molar-refractivity contribution in [1.29, 1.82) is 0 Å². The predicted molar refractivity (Wildman–Crippen MR) is 259 cm³/mol. The fraction of sp³-hybridized carbons (Fsp3) is 0.469. The van der Waals surface area contributed by atoms with Crippen LogP contribution in [0.25, 0.3) is 27.2 Å². The molecule has 0 bridgehead atoms. The summed E-state index contributed by atoms with van der Waals surface area (Å²) in [7, 11) is 0. The zero-order chi connectivity index (χ0) is 49.2. The molecule has 19 heteroatoms. The van der Waals surface area contributed by atoms with Crippen molar-refractivity contribution >= 4 is 86.3 Å². The van der Waals surface area contributed by atoms with E-state index in [0.29, 0.717) is 37.8 Å². The minimum absolute atomic E-state index is 0.0278. The number of aromatic amines is 1. The number of allylic oxidation sites excluding steroid dienone is 2. The van der Waals surface area contributed by atoms with Crippen molar-refractivity contribution in [3.05, 3.63) is 72.1 Å². The number of carboxylic acid groups (broad SMARTS) is 1. The topological polar surface area (TPSA) is 267 Å². The monoisotopic (exact) mass is 953 g/mol. The molecule has 0 aliphatic carbocycles. The normalized spacial score (nSPS) is 23.2. The number of aromatic nitrogens is 2. The van der Waals surface area contributed by atoms with E-state index < -0.39 is 90.0 Å². The second kappa shape index (κ2) is 22.9. The molecule has 9 N–H and O–H groups in total. The third-order valence-electron chi connectivity index (χ3n) is 12.5. The number of rotatable bonds is 9. The van der Waals surface area contributed by atoms with E-state index in [0.717, 1.165) is 38.0 Å². The summed E-state index contributed by atoms with van der Waals surface area (Å²) in [5, 5.41) is 27.0. The average molecular weight is 954 g/mol. The maximum atomic E-state index is 14.6. The van der Waals surface area contributed by atoms with E-state index in [4.69, 9.17) is 5.73 Å². The van der Waals surface area contributed by atoms with Gasteiger partial charge in [0.1, 0.15) is 36.3 Å². The number of hydrogen-bond donors (Lipinski definition) is 8. The van der Waals surface area contributed by atoms with Crippen LogP contribution in [0.2, 0.25) is 0 Å². The first-order valence-corrected chi connectivity index (χ1v) is 24.2. The predicted octanol–water partition coefficient (Wildman–Crippen LogP) is 3.51. The van der Waals surface area contributed by atoms with Crippen LogP contribution in [-0.4, -0.2) is 115 Å². The quantitative estimate of drug-likeness (QED) is 0.121. The van der Waals surface area contributed by atoms with Gasteiger partial charge in [-0.1, -0.05) is 62.4 Å². The Morgan fingerprint density at radius 2 is 1.49 bits per heavy atom. The summed E-state index contributed by atoms with van der Waals surface area (Å²) in [5.74, 6) is -6.43. The van der Waals surface area contributed by atoms with E-state index >= 15 is 0 Å². The fourth-order valence-corrected chi connectivity index (χ4v) is 10.3. The number of carbonyl (C=O) groups excluding carboxylic acids is 7. The molecule has 1 fully saturated rings. The van der Waals surface area contributed by atoms with Gasteiger partial charge in [-0.15, -0.1) is 11.8 Å². The first-order valence-electron chi connectivity index (χ1n) is 23.2. The maximum absolute atomic E-state index is 14.6. The Hall–Kier alpha value is -6.63. The van der Waals surface area contributed by atoms with E-state index in [1.807, 2.05) is 82.3 Å². The van der Waals surface area contributed by atoms with E-state index in [1.165, 1.54) is 23.6 Å². The van der Waals surface area contributed by atoms with Gasteiger partial charge < -0.3 is 51.9 Å². The molecule has 0 saturated carbocycles. The van der Waals surface area contributed by atoms with Crippen molar-refractivity contribution < 1.29 is 43.5 Å². The highest BCUT2D eigenvalue weighted by atomic mass is 32.2. The fourth-order valence-electron chi connectivity index (χ4n) is 9.09. The summed E-state index contributed by atoms with van der Waals surface area (Å²) in [6.45, 7) is 9.58. The molecule has 2 aromatic carbocycles. The van der Waals surface area contributed by atoms with Crippen molar-refractivity contribution in [2.75, 3.05) is 12.3 Å². The average Bonchev–Trinajstić information content (AvgIpc) is 4.03. The highest BCUT2D eigenvalue weighted by molar-refractivity contribution is 7.99. The lowest BCUT2D eigenvalue weighted by Crippen LogP contribution is -2.60. The van der Waals surface area contributed by atoms with Gasteiger partial charge in [-0.2, -0.15) is 0 Å². The molecule has 1 saturated heterocycles. The zero-order valence-electron chi connectivity index (χ0n) is 39.2. The van der Waals surface area contributed by atoms with Crippen LogP contribution in [0.5, 0.6) is 0 Å². The number of fused-ring (bicyclic) bond motifs is 5. The number of H-pyrrole nitrogens is 1. The van der Waals surface area contributed by atoms with Crippen molar-refractivity contribution in [2.24, 2.45) is 11.7 Å². The number of nitrogens with one attached hydrogen (secondary N) is 6. The highest BCUT2D eigenvalue weighted by Gasteiger charge is 2.40. The number of carbonyl (C=O) groups is 8. The first kappa shape index (κ1) is 50.8. The molecule has 0 radical (unpaired) electrons. The lowest BCUT2D eigenvalue weighted by atomic mass is 9.99. The summed E-state index contributed by atoms with van der Waals surface area (Å²) >= 11 is 1.30. The van der Waals surface area contributed by atoms with E-state index in [1.54, 1.807) is 6.20 Å². The van der Waals surface area contributed by atoms with Crippen LogP contribution >= 0.6 is 11.8 Å². The van der Waals surface area contributed by atoms with Gasteiger partial charge in [0.2, 0.25) is 41.4 Å². The Morgan fingerprint density at radius 3 is 2.16 bits per heavy atom. The van der Waals surface area contributed by atoms with Crippen molar-refractivity contribution in [2.45, 2.75) is 134 Å². The standard InChI is InChI=1S/C49H63N9O9S/c1-6-28(4)42-32-15-7-8-16-33(32)49-58(42)20-12-11-18-35(43(50)62)53-47(66)40-19-13-21-57(40)48(67)38(22-27(2)3)56-44(63)36(23-30-25-51-34-17-10-9-14-31(30)34)54-45(64)37(24-41(60)61)55-46(65)39(26-68-49)52-29(5)59/h6-10,14-17,25,27,35-40,51H,11-13,18-24,26H2,1-5H3,(H2,50,62)(H,52,59)(H,53,66)(H,54,64)(H,55,65)(H,56,63)(H,60,61)/b28-6+/t35-,36-,37-,38-,39-,40-/m0/s1. The molecule has 6 rings (SSSR count).